The van der Waals surface area contributed by atoms with Gasteiger partial charge < -0.3 is 5.11 Å². The van der Waals surface area contributed by atoms with Crippen LogP contribution in [0.4, 0.5) is 0 Å². The lowest BCUT2D eigenvalue weighted by atomic mass is 10.1. The molecule has 26 heavy (non-hydrogen) atoms. The van der Waals surface area contributed by atoms with Crippen molar-refractivity contribution in [1.29, 1.82) is 0 Å². The summed E-state index contributed by atoms with van der Waals surface area (Å²) in [5.74, 6) is 3.41. The average Bonchev–Trinajstić information content (AvgIpc) is 3.14. The molecular weight excluding hydrogens is 332 g/mol. The molecule has 136 valence electrons. The van der Waals surface area contributed by atoms with Crippen molar-refractivity contribution in [3.8, 4) is 0 Å². The second-order valence-electron chi connectivity index (χ2n) is 8.30. The Bertz CT molecular complexity index is 866. The number of nitrogens with one attached hydrogen (secondary N) is 2. The predicted molar refractivity (Wildman–Crippen MR) is 92.3 cm³/mol. The van der Waals surface area contributed by atoms with Gasteiger partial charge in [-0.25, -0.2) is 4.79 Å². The number of carbonyl (C=O) groups is 2. The number of hydrogen-bond donors (Lipinski definition) is 3. The number of ketones is 1. The van der Waals surface area contributed by atoms with Crippen molar-refractivity contribution in [2.75, 3.05) is 0 Å². The van der Waals surface area contributed by atoms with Crippen LogP contribution in [0.15, 0.2) is 0 Å². The van der Waals surface area contributed by atoms with Gasteiger partial charge in [0.05, 0.1) is 0 Å². The molecule has 0 aromatic carbocycles. The number of fused-ring (bicyclic) bond motifs is 6. The van der Waals surface area contributed by atoms with Crippen LogP contribution < -0.4 is 0 Å². The van der Waals surface area contributed by atoms with Crippen LogP contribution in [-0.2, 0) is 12.8 Å². The first kappa shape index (κ1) is 15.8. The lowest BCUT2D eigenvalue weighted by Crippen LogP contribution is -2.02. The van der Waals surface area contributed by atoms with Gasteiger partial charge in [0, 0.05) is 41.3 Å². The molecule has 0 bridgehead atoms. The van der Waals surface area contributed by atoms with Gasteiger partial charge in [0.1, 0.15) is 5.69 Å². The van der Waals surface area contributed by atoms with Crippen LogP contribution in [0.25, 0.3) is 0 Å². The van der Waals surface area contributed by atoms with Gasteiger partial charge in [-0.3, -0.25) is 15.0 Å². The maximum absolute atomic E-state index is 11.2. The van der Waals surface area contributed by atoms with Gasteiger partial charge in [0.25, 0.3) is 0 Å². The van der Waals surface area contributed by atoms with Crippen molar-refractivity contribution in [3.63, 3.8) is 0 Å². The predicted octanol–water partition coefficient (Wildman–Crippen LogP) is 2.53. The third-order valence-electron chi connectivity index (χ3n) is 7.00. The Balaban J connectivity index is 0.000000115. The van der Waals surface area contributed by atoms with Gasteiger partial charge in [0.15, 0.2) is 11.5 Å². The summed E-state index contributed by atoms with van der Waals surface area (Å²) in [4.78, 5) is 21.9. The normalized spacial score (nSPS) is 34.1. The minimum absolute atomic E-state index is 0.0893. The van der Waals surface area contributed by atoms with Crippen LogP contribution >= 0.6 is 0 Å². The molecule has 2 saturated carbocycles. The molecular formula is C19H22N4O3. The zero-order chi connectivity index (χ0) is 18.3. The number of aromatic nitrogens is 4. The standard InChI is InChI=1S/C10H12N2O.C9H10N2O2/c1-4-6-3-7-9(5(2)13)11-12-10(7)8(4)6;1-3-4-2-5-7(6(3)4)10-11-8(5)9(12)13/h4,6,8H,3H2,1-2H3,(H,11,12);3-4,6H,2H2,1H3,(H,10,11)(H,12,13)/t4-,6-,8+;3-,4+,6-/m01/s1. The van der Waals surface area contributed by atoms with Gasteiger partial charge >= 0.3 is 5.97 Å². The summed E-state index contributed by atoms with van der Waals surface area (Å²) in [5, 5.41) is 22.6. The Morgan fingerprint density at radius 3 is 1.85 bits per heavy atom. The molecule has 0 unspecified atom stereocenters. The van der Waals surface area contributed by atoms with E-state index in [1.807, 2.05) is 0 Å². The number of carbonyl (C=O) groups excluding carboxylic acids is 1. The molecule has 0 radical (unpaired) electrons. The fourth-order valence-electron chi connectivity index (χ4n) is 5.33. The second kappa shape index (κ2) is 5.05. The Morgan fingerprint density at radius 1 is 0.923 bits per heavy atom. The van der Waals surface area contributed by atoms with E-state index in [2.05, 4.69) is 34.2 Å². The molecule has 0 amide bonds. The average molecular weight is 354 g/mol. The fourth-order valence-corrected chi connectivity index (χ4v) is 5.33. The summed E-state index contributed by atoms with van der Waals surface area (Å²) in [7, 11) is 0. The molecule has 2 fully saturated rings. The Labute approximate surface area is 150 Å². The second-order valence-corrected chi connectivity index (χ2v) is 8.30. The Hall–Kier alpha value is -2.44. The topological polar surface area (TPSA) is 112 Å². The minimum atomic E-state index is -0.911. The number of carboxylic acids is 1. The first-order chi connectivity index (χ1) is 12.4. The van der Waals surface area contributed by atoms with E-state index in [-0.39, 0.29) is 11.5 Å². The number of aromatic carboxylic acids is 1. The maximum atomic E-state index is 11.2. The third kappa shape index (κ3) is 2.00. The molecule has 2 aromatic rings. The van der Waals surface area contributed by atoms with Crippen LogP contribution in [0.2, 0.25) is 0 Å². The van der Waals surface area contributed by atoms with Crippen LogP contribution in [0, 0.1) is 23.7 Å². The zero-order valence-electron chi connectivity index (χ0n) is 15.0. The summed E-state index contributed by atoms with van der Waals surface area (Å²) >= 11 is 0. The van der Waals surface area contributed by atoms with E-state index in [0.717, 1.165) is 41.9 Å². The van der Waals surface area contributed by atoms with E-state index < -0.39 is 5.97 Å². The minimum Gasteiger partial charge on any atom is -0.476 e. The van der Waals surface area contributed by atoms with Gasteiger partial charge in [-0.2, -0.15) is 10.2 Å². The van der Waals surface area contributed by atoms with E-state index in [1.54, 1.807) is 6.92 Å². The number of aromatic amines is 2. The molecule has 0 saturated heterocycles. The SMILES string of the molecule is CC(=O)c1n[nH]c2c1C[C@H]1[C@H](C)[C@@H]21.C[C@@H]1[C@@H]2Cc3c(C(=O)O)n[nH]c3[C@H]12. The first-order valence-corrected chi connectivity index (χ1v) is 9.28. The highest BCUT2D eigenvalue weighted by Gasteiger charge is 2.56. The highest BCUT2D eigenvalue weighted by molar-refractivity contribution is 5.94. The van der Waals surface area contributed by atoms with Crippen molar-refractivity contribution >= 4 is 11.8 Å². The molecule has 7 nitrogen and oxygen atoms in total. The zero-order valence-corrected chi connectivity index (χ0v) is 15.0. The van der Waals surface area contributed by atoms with Crippen molar-refractivity contribution < 1.29 is 14.7 Å². The molecule has 2 aromatic heterocycles. The lowest BCUT2D eigenvalue weighted by Gasteiger charge is -1.97. The Kier molecular flexibility index (Phi) is 3.07. The van der Waals surface area contributed by atoms with E-state index in [9.17, 15) is 9.59 Å². The maximum Gasteiger partial charge on any atom is 0.356 e. The summed E-state index contributed by atoms with van der Waals surface area (Å²) in [6.45, 7) is 6.07. The highest BCUT2D eigenvalue weighted by atomic mass is 16.4. The molecule has 6 rings (SSSR count). The number of H-pyrrole nitrogens is 2. The number of nitrogens with zero attached hydrogens (tertiary/aromatic N) is 2. The van der Waals surface area contributed by atoms with E-state index >= 15 is 0 Å². The first-order valence-electron chi connectivity index (χ1n) is 9.28. The van der Waals surface area contributed by atoms with Crippen molar-refractivity contribution in [2.24, 2.45) is 23.7 Å². The molecule has 4 aliphatic carbocycles. The lowest BCUT2D eigenvalue weighted by molar-refractivity contribution is 0.0689. The molecule has 0 aliphatic heterocycles. The van der Waals surface area contributed by atoms with Gasteiger partial charge in [0.2, 0.25) is 0 Å². The van der Waals surface area contributed by atoms with Crippen molar-refractivity contribution in [2.45, 2.75) is 45.4 Å². The monoisotopic (exact) mass is 354 g/mol. The molecule has 4 aliphatic rings. The van der Waals surface area contributed by atoms with Crippen LogP contribution in [0.5, 0.6) is 0 Å². The summed E-state index contributed by atoms with van der Waals surface area (Å²) in [5.41, 5.74) is 5.36. The quantitative estimate of drug-likeness (QED) is 0.718. The number of Topliss-reactive ketones (excluding diaryl/α,β-unsaturated/α-hetero) is 1. The molecule has 6 atom stereocenters. The van der Waals surface area contributed by atoms with Crippen molar-refractivity contribution in [3.05, 3.63) is 33.9 Å². The Morgan fingerprint density at radius 2 is 1.38 bits per heavy atom. The number of rotatable bonds is 2. The molecule has 3 N–H and O–H groups in total. The van der Waals surface area contributed by atoms with Crippen LogP contribution in [0.1, 0.15) is 76.1 Å². The summed E-state index contributed by atoms with van der Waals surface area (Å²) < 4.78 is 0. The molecule has 7 heteroatoms. The van der Waals surface area contributed by atoms with E-state index in [4.69, 9.17) is 5.11 Å². The third-order valence-corrected chi connectivity index (χ3v) is 7.00. The number of hydrogen-bond acceptors (Lipinski definition) is 4. The van der Waals surface area contributed by atoms with Gasteiger partial charge in [-0.1, -0.05) is 13.8 Å². The molecule has 0 spiro atoms. The fraction of sp³-hybridized carbons (Fsp3) is 0.579. The van der Waals surface area contributed by atoms with Gasteiger partial charge in [-0.15, -0.1) is 0 Å². The van der Waals surface area contributed by atoms with Crippen molar-refractivity contribution in [1.82, 2.24) is 20.4 Å². The van der Waals surface area contributed by atoms with Crippen LogP contribution in [-0.4, -0.2) is 37.3 Å². The number of carboxylic acid groups (broad SMARTS) is 1. The highest BCUT2D eigenvalue weighted by Crippen LogP contribution is 2.61. The summed E-state index contributed by atoms with van der Waals surface area (Å²) in [6, 6.07) is 0. The van der Waals surface area contributed by atoms with E-state index in [0.29, 0.717) is 23.4 Å². The van der Waals surface area contributed by atoms with Crippen LogP contribution in [0.3, 0.4) is 0 Å². The summed E-state index contributed by atoms with van der Waals surface area (Å²) in [6.07, 6.45) is 1.96. The largest absolute Gasteiger partial charge is 0.476 e. The van der Waals surface area contributed by atoms with Gasteiger partial charge in [-0.05, 0) is 36.5 Å². The smallest absolute Gasteiger partial charge is 0.356 e. The van der Waals surface area contributed by atoms with E-state index in [1.165, 1.54) is 11.3 Å². The molecule has 2 heterocycles.